The third-order valence-electron chi connectivity index (χ3n) is 5.25. The second kappa shape index (κ2) is 11.4. The van der Waals surface area contributed by atoms with Crippen LogP contribution in [-0.2, 0) is 38.8 Å². The second-order valence-electron chi connectivity index (χ2n) is 7.54. The van der Waals surface area contributed by atoms with Gasteiger partial charge in [-0.1, -0.05) is 103 Å². The minimum Gasteiger partial charge on any atom is -0.368 e. The summed E-state index contributed by atoms with van der Waals surface area (Å²) in [6.07, 6.45) is -1.11. The van der Waals surface area contributed by atoms with Gasteiger partial charge in [-0.3, -0.25) is 0 Å². The Balaban J connectivity index is 1.46. The van der Waals surface area contributed by atoms with Gasteiger partial charge in [-0.2, -0.15) is 0 Å². The van der Waals surface area contributed by atoms with Crippen LogP contribution in [0.3, 0.4) is 0 Å². The Kier molecular flexibility index (Phi) is 8.11. The first-order valence-electron chi connectivity index (χ1n) is 10.5. The summed E-state index contributed by atoms with van der Waals surface area (Å²) in [5, 5.41) is 0. The van der Waals surface area contributed by atoms with E-state index in [1.165, 1.54) is 0 Å². The lowest BCUT2D eigenvalue weighted by atomic mass is 10.1. The van der Waals surface area contributed by atoms with Crippen molar-refractivity contribution in [3.05, 3.63) is 108 Å². The van der Waals surface area contributed by atoms with E-state index in [4.69, 9.17) is 30.5 Å². The molecule has 3 aromatic rings. The third-order valence-corrected chi connectivity index (χ3v) is 5.62. The Morgan fingerprint density at radius 3 is 1.52 bits per heavy atom. The molecule has 1 aliphatic rings. The number of hydrogen-bond donors (Lipinski definition) is 0. The lowest BCUT2D eigenvalue weighted by Crippen LogP contribution is -2.54. The highest BCUT2D eigenvalue weighted by atomic mass is 35.5. The fourth-order valence-electron chi connectivity index (χ4n) is 3.56. The molecule has 0 aliphatic carbocycles. The molecular weight excluding hydrogens is 412 g/mol. The van der Waals surface area contributed by atoms with Crippen molar-refractivity contribution in [2.75, 3.05) is 6.61 Å². The molecule has 162 valence electrons. The van der Waals surface area contributed by atoms with Gasteiger partial charge in [0.25, 0.3) is 0 Å². The first-order chi connectivity index (χ1) is 15.3. The zero-order chi connectivity index (χ0) is 21.3. The van der Waals surface area contributed by atoms with Crippen LogP contribution in [-0.4, -0.2) is 30.5 Å². The molecule has 4 atom stereocenters. The molecule has 1 heterocycles. The molecule has 0 N–H and O–H groups in total. The van der Waals surface area contributed by atoms with Gasteiger partial charge in [-0.15, -0.1) is 0 Å². The monoisotopic (exact) mass is 438 g/mol. The van der Waals surface area contributed by atoms with Crippen LogP contribution in [0.4, 0.5) is 0 Å². The maximum absolute atomic E-state index is 6.53. The normalized spacial score (nSPS) is 23.5. The predicted octanol–water partition coefficient (Wildman–Crippen LogP) is 5.34. The number of hydrogen-bond acceptors (Lipinski definition) is 4. The van der Waals surface area contributed by atoms with Crippen molar-refractivity contribution < 1.29 is 18.9 Å². The van der Waals surface area contributed by atoms with Crippen LogP contribution in [0.15, 0.2) is 91.0 Å². The van der Waals surface area contributed by atoms with Gasteiger partial charge in [-0.25, -0.2) is 0 Å². The Bertz CT molecular complexity index is 891. The fourth-order valence-corrected chi connectivity index (χ4v) is 3.85. The van der Waals surface area contributed by atoms with E-state index < -0.39 is 11.7 Å². The standard InChI is InChI=1S/C26H27ClO4/c27-26-25(30-18-22-14-8-3-9-15-22)24(29-17-21-12-6-2-7-13-21)23(19-31-26)28-16-20-10-4-1-5-11-20/h1-15,23-26H,16-19H2/t23-,24+,25-,26-/m1/s1. The fraction of sp³-hybridized carbons (Fsp3) is 0.308. The van der Waals surface area contributed by atoms with Gasteiger partial charge in [0.15, 0.2) is 5.56 Å². The summed E-state index contributed by atoms with van der Waals surface area (Å²) in [5.41, 5.74) is 2.64. The van der Waals surface area contributed by atoms with E-state index in [1.807, 2.05) is 91.0 Å². The van der Waals surface area contributed by atoms with Gasteiger partial charge in [-0.05, 0) is 16.7 Å². The van der Waals surface area contributed by atoms with Crippen LogP contribution in [0.1, 0.15) is 16.7 Å². The minimum absolute atomic E-state index is 0.292. The topological polar surface area (TPSA) is 36.9 Å². The van der Waals surface area contributed by atoms with Gasteiger partial charge < -0.3 is 18.9 Å². The highest BCUT2D eigenvalue weighted by Crippen LogP contribution is 2.28. The van der Waals surface area contributed by atoms with Gasteiger partial charge in [0, 0.05) is 0 Å². The van der Waals surface area contributed by atoms with Crippen molar-refractivity contribution in [3.63, 3.8) is 0 Å². The molecule has 0 amide bonds. The van der Waals surface area contributed by atoms with E-state index in [-0.39, 0.29) is 12.2 Å². The van der Waals surface area contributed by atoms with E-state index in [1.54, 1.807) is 0 Å². The van der Waals surface area contributed by atoms with E-state index in [2.05, 4.69) is 0 Å². The maximum Gasteiger partial charge on any atom is 0.159 e. The Labute approximate surface area is 188 Å². The second-order valence-corrected chi connectivity index (χ2v) is 7.97. The van der Waals surface area contributed by atoms with E-state index in [0.29, 0.717) is 26.4 Å². The lowest BCUT2D eigenvalue weighted by molar-refractivity contribution is -0.221. The van der Waals surface area contributed by atoms with Crippen LogP contribution in [0, 0.1) is 0 Å². The van der Waals surface area contributed by atoms with Crippen molar-refractivity contribution in [1.29, 1.82) is 0 Å². The average molecular weight is 439 g/mol. The summed E-state index contributed by atoms with van der Waals surface area (Å²) in [5.74, 6) is 0. The zero-order valence-corrected chi connectivity index (χ0v) is 18.1. The van der Waals surface area contributed by atoms with Crippen molar-refractivity contribution in [2.24, 2.45) is 0 Å². The molecule has 0 unspecified atom stereocenters. The molecule has 1 aliphatic heterocycles. The first-order valence-corrected chi connectivity index (χ1v) is 11.0. The highest BCUT2D eigenvalue weighted by Gasteiger charge is 2.42. The van der Waals surface area contributed by atoms with Crippen LogP contribution in [0.2, 0.25) is 0 Å². The number of rotatable bonds is 9. The molecule has 4 rings (SSSR count). The number of alkyl halides is 1. The summed E-state index contributed by atoms with van der Waals surface area (Å²) < 4.78 is 24.5. The molecule has 0 saturated carbocycles. The number of ether oxygens (including phenoxy) is 4. The minimum atomic E-state index is -0.610. The molecule has 0 bridgehead atoms. The smallest absolute Gasteiger partial charge is 0.159 e. The summed E-state index contributed by atoms with van der Waals surface area (Å²) >= 11 is 6.53. The molecule has 1 fully saturated rings. The van der Waals surface area contributed by atoms with Gasteiger partial charge in [0.1, 0.15) is 18.3 Å². The molecule has 4 nitrogen and oxygen atoms in total. The summed E-state index contributed by atoms with van der Waals surface area (Å²) in [4.78, 5) is 0. The van der Waals surface area contributed by atoms with Crippen LogP contribution < -0.4 is 0 Å². The predicted molar refractivity (Wildman–Crippen MR) is 121 cm³/mol. The summed E-state index contributed by atoms with van der Waals surface area (Å²) in [6, 6.07) is 30.1. The Morgan fingerprint density at radius 1 is 0.613 bits per heavy atom. The largest absolute Gasteiger partial charge is 0.368 e. The zero-order valence-electron chi connectivity index (χ0n) is 17.3. The van der Waals surface area contributed by atoms with E-state index in [0.717, 1.165) is 16.7 Å². The quantitative estimate of drug-likeness (QED) is 0.423. The lowest BCUT2D eigenvalue weighted by Gasteiger charge is -2.40. The molecule has 31 heavy (non-hydrogen) atoms. The summed E-state index contributed by atoms with van der Waals surface area (Å²) in [6.45, 7) is 1.70. The van der Waals surface area contributed by atoms with Crippen molar-refractivity contribution in [3.8, 4) is 0 Å². The highest BCUT2D eigenvalue weighted by molar-refractivity contribution is 6.20. The first kappa shape index (κ1) is 22.0. The molecule has 0 aromatic heterocycles. The van der Waals surface area contributed by atoms with Crippen LogP contribution in [0.25, 0.3) is 0 Å². The van der Waals surface area contributed by atoms with Gasteiger partial charge >= 0.3 is 0 Å². The van der Waals surface area contributed by atoms with E-state index in [9.17, 15) is 0 Å². The molecule has 5 heteroatoms. The third kappa shape index (κ3) is 6.39. The molecule has 0 spiro atoms. The maximum atomic E-state index is 6.53. The van der Waals surface area contributed by atoms with Crippen molar-refractivity contribution >= 4 is 11.6 Å². The van der Waals surface area contributed by atoms with Crippen molar-refractivity contribution in [1.82, 2.24) is 0 Å². The average Bonchev–Trinajstić information content (AvgIpc) is 2.83. The molecular formula is C26H27ClO4. The molecule has 0 radical (unpaired) electrons. The van der Waals surface area contributed by atoms with Crippen LogP contribution >= 0.6 is 11.6 Å². The van der Waals surface area contributed by atoms with E-state index >= 15 is 0 Å². The molecule has 3 aromatic carbocycles. The Morgan fingerprint density at radius 2 is 1.03 bits per heavy atom. The number of benzene rings is 3. The number of halogens is 1. The van der Waals surface area contributed by atoms with Gasteiger partial charge in [0.2, 0.25) is 0 Å². The Hall–Kier alpha value is -2.21. The van der Waals surface area contributed by atoms with Crippen LogP contribution in [0.5, 0.6) is 0 Å². The SMILES string of the molecule is Cl[C@@H]1OC[C@@H](OCc2ccccc2)[C@H](OCc2ccccc2)[C@H]1OCc1ccccc1. The summed E-state index contributed by atoms with van der Waals surface area (Å²) in [7, 11) is 0. The van der Waals surface area contributed by atoms with Crippen molar-refractivity contribution in [2.45, 2.75) is 43.7 Å². The molecule has 1 saturated heterocycles. The van der Waals surface area contributed by atoms with Gasteiger partial charge in [0.05, 0.1) is 26.4 Å².